The molecule has 0 aliphatic carbocycles. The first-order chi connectivity index (χ1) is 21.2. The van der Waals surface area contributed by atoms with Gasteiger partial charge in [0.1, 0.15) is 11.8 Å². The Balaban J connectivity index is 1.55. The molecule has 0 unspecified atom stereocenters. The van der Waals surface area contributed by atoms with Crippen LogP contribution in [0.3, 0.4) is 0 Å². The minimum Gasteiger partial charge on any atom is -0.497 e. The number of carbonyl (C=O) groups excluding carboxylic acids is 2. The Kier molecular flexibility index (Phi) is 12.0. The van der Waals surface area contributed by atoms with Crippen molar-refractivity contribution in [2.45, 2.75) is 69.9 Å². The van der Waals surface area contributed by atoms with Crippen molar-refractivity contribution >= 4 is 21.8 Å². The van der Waals surface area contributed by atoms with E-state index in [1.807, 2.05) is 54.6 Å². The van der Waals surface area contributed by atoms with Gasteiger partial charge in [0.2, 0.25) is 21.8 Å². The Hall–Kier alpha value is -3.69. The van der Waals surface area contributed by atoms with Crippen LogP contribution in [0, 0.1) is 5.92 Å². The quantitative estimate of drug-likeness (QED) is 0.252. The Bertz CT molecular complexity index is 1450. The Morgan fingerprint density at radius 1 is 0.886 bits per heavy atom. The van der Waals surface area contributed by atoms with Gasteiger partial charge in [-0.05, 0) is 72.6 Å². The normalized spacial score (nSPS) is 14.4. The highest BCUT2D eigenvalue weighted by Gasteiger charge is 2.30. The number of amides is 2. The number of hydrogen-bond donors (Lipinski definition) is 1. The minimum absolute atomic E-state index is 0.144. The monoisotopic (exact) mass is 619 g/mol. The zero-order chi connectivity index (χ0) is 31.5. The molecule has 1 saturated heterocycles. The van der Waals surface area contributed by atoms with Crippen LogP contribution >= 0.6 is 0 Å². The molecule has 1 aliphatic heterocycles. The van der Waals surface area contributed by atoms with E-state index in [2.05, 4.69) is 19.2 Å². The average Bonchev–Trinajstić information content (AvgIpc) is 3.59. The van der Waals surface area contributed by atoms with E-state index < -0.39 is 16.1 Å². The Morgan fingerprint density at radius 2 is 1.52 bits per heavy atom. The van der Waals surface area contributed by atoms with E-state index in [1.165, 1.54) is 4.31 Å². The first-order valence-electron chi connectivity index (χ1n) is 15.5. The first-order valence-corrected chi connectivity index (χ1v) is 16.9. The average molecular weight is 620 g/mol. The highest BCUT2D eigenvalue weighted by molar-refractivity contribution is 7.89. The summed E-state index contributed by atoms with van der Waals surface area (Å²) in [4.78, 5) is 29.6. The van der Waals surface area contributed by atoms with Gasteiger partial charge in [0, 0.05) is 39.0 Å². The number of hydrogen-bond acceptors (Lipinski definition) is 5. The van der Waals surface area contributed by atoms with Crippen LogP contribution in [-0.2, 0) is 39.0 Å². The topological polar surface area (TPSA) is 96.0 Å². The van der Waals surface area contributed by atoms with Crippen LogP contribution in [-0.4, -0.2) is 62.2 Å². The van der Waals surface area contributed by atoms with Gasteiger partial charge in [0.15, 0.2) is 0 Å². The maximum atomic E-state index is 14.0. The van der Waals surface area contributed by atoms with Crippen molar-refractivity contribution < 1.29 is 22.7 Å². The molecule has 0 spiro atoms. The summed E-state index contributed by atoms with van der Waals surface area (Å²) in [5.74, 6) is 0.841. The van der Waals surface area contributed by atoms with Gasteiger partial charge in [-0.15, -0.1) is 0 Å². The first kappa shape index (κ1) is 33.2. The number of nitrogens with one attached hydrogen (secondary N) is 1. The Labute approximate surface area is 262 Å². The lowest BCUT2D eigenvalue weighted by Crippen LogP contribution is -2.50. The fraction of sp³-hybridized carbons (Fsp3) is 0.429. The molecule has 0 aromatic heterocycles. The van der Waals surface area contributed by atoms with Gasteiger partial charge in [-0.25, -0.2) is 8.42 Å². The lowest BCUT2D eigenvalue weighted by molar-refractivity contribution is -0.141. The van der Waals surface area contributed by atoms with E-state index in [4.69, 9.17) is 4.74 Å². The van der Waals surface area contributed by atoms with Crippen molar-refractivity contribution in [2.24, 2.45) is 5.92 Å². The molecule has 1 atom stereocenters. The van der Waals surface area contributed by atoms with Gasteiger partial charge in [-0.1, -0.05) is 68.4 Å². The number of nitrogens with zero attached hydrogens (tertiary/aromatic N) is 2. The summed E-state index contributed by atoms with van der Waals surface area (Å²) < 4.78 is 32.7. The van der Waals surface area contributed by atoms with Gasteiger partial charge >= 0.3 is 0 Å². The molecule has 8 nitrogen and oxygen atoms in total. The standard InChI is InChI=1S/C35H45N3O5S/c1-27(2)21-22-36-35(40)33(25-29-9-5-4-6-10-29)38(26-30-11-16-31(43-3)17-12-30)34(39)20-15-28-13-18-32(19-14-28)44(41,42)37-23-7-8-24-37/h4-6,9-14,16-19,27,33H,7-8,15,20-26H2,1-3H3,(H,36,40)/t33-/m0/s1. The van der Waals surface area contributed by atoms with Crippen LogP contribution < -0.4 is 10.1 Å². The molecule has 44 heavy (non-hydrogen) atoms. The fourth-order valence-corrected chi connectivity index (χ4v) is 6.90. The number of sulfonamides is 1. The van der Waals surface area contributed by atoms with Gasteiger partial charge in [-0.2, -0.15) is 4.31 Å². The second-order valence-electron chi connectivity index (χ2n) is 11.8. The molecule has 4 rings (SSSR count). The summed E-state index contributed by atoms with van der Waals surface area (Å²) in [6, 6.07) is 23.4. The van der Waals surface area contributed by atoms with E-state index in [0.717, 1.165) is 36.0 Å². The lowest BCUT2D eigenvalue weighted by atomic mass is 10.0. The lowest BCUT2D eigenvalue weighted by Gasteiger charge is -2.32. The number of aryl methyl sites for hydroxylation is 1. The van der Waals surface area contributed by atoms with Crippen LogP contribution in [0.25, 0.3) is 0 Å². The molecular weight excluding hydrogens is 574 g/mol. The molecule has 2 amide bonds. The van der Waals surface area contributed by atoms with Crippen molar-refractivity contribution in [1.29, 1.82) is 0 Å². The smallest absolute Gasteiger partial charge is 0.243 e. The Morgan fingerprint density at radius 3 is 2.14 bits per heavy atom. The summed E-state index contributed by atoms with van der Waals surface area (Å²) in [5, 5.41) is 3.08. The van der Waals surface area contributed by atoms with Crippen molar-refractivity contribution in [3.8, 4) is 5.75 Å². The van der Waals surface area contributed by atoms with Crippen molar-refractivity contribution in [1.82, 2.24) is 14.5 Å². The highest BCUT2D eigenvalue weighted by atomic mass is 32.2. The second-order valence-corrected chi connectivity index (χ2v) is 13.7. The van der Waals surface area contributed by atoms with E-state index in [1.54, 1.807) is 36.3 Å². The van der Waals surface area contributed by atoms with Crippen molar-refractivity contribution in [3.63, 3.8) is 0 Å². The number of rotatable bonds is 15. The molecule has 1 aliphatic rings. The maximum absolute atomic E-state index is 14.0. The van der Waals surface area contributed by atoms with Crippen LogP contribution in [0.1, 0.15) is 56.2 Å². The molecule has 3 aromatic carbocycles. The molecule has 0 saturated carbocycles. The zero-order valence-electron chi connectivity index (χ0n) is 26.1. The third kappa shape index (κ3) is 9.16. The largest absolute Gasteiger partial charge is 0.497 e. The second kappa shape index (κ2) is 15.9. The number of carbonyl (C=O) groups is 2. The molecule has 3 aromatic rings. The van der Waals surface area contributed by atoms with Crippen LogP contribution in [0.4, 0.5) is 0 Å². The molecule has 9 heteroatoms. The van der Waals surface area contributed by atoms with E-state index in [0.29, 0.717) is 44.1 Å². The molecule has 0 radical (unpaired) electrons. The molecule has 0 bridgehead atoms. The summed E-state index contributed by atoms with van der Waals surface area (Å²) in [6.07, 6.45) is 3.61. The molecule has 1 fully saturated rings. The van der Waals surface area contributed by atoms with Gasteiger partial charge in [0.25, 0.3) is 0 Å². The minimum atomic E-state index is -3.50. The zero-order valence-corrected chi connectivity index (χ0v) is 26.9. The van der Waals surface area contributed by atoms with Crippen molar-refractivity contribution in [2.75, 3.05) is 26.7 Å². The highest BCUT2D eigenvalue weighted by Crippen LogP contribution is 2.23. The summed E-state index contributed by atoms with van der Waals surface area (Å²) >= 11 is 0. The predicted octanol–water partition coefficient (Wildman–Crippen LogP) is 5.21. The van der Waals surface area contributed by atoms with E-state index in [-0.39, 0.29) is 29.7 Å². The third-order valence-corrected chi connectivity index (χ3v) is 9.97. The van der Waals surface area contributed by atoms with Crippen LogP contribution in [0.2, 0.25) is 0 Å². The van der Waals surface area contributed by atoms with Crippen LogP contribution in [0.15, 0.2) is 83.8 Å². The predicted molar refractivity (Wildman–Crippen MR) is 173 cm³/mol. The molecule has 1 N–H and O–H groups in total. The maximum Gasteiger partial charge on any atom is 0.243 e. The van der Waals surface area contributed by atoms with Gasteiger partial charge < -0.3 is 15.0 Å². The van der Waals surface area contributed by atoms with Gasteiger partial charge in [-0.3, -0.25) is 9.59 Å². The molecular formula is C35H45N3O5S. The summed E-state index contributed by atoms with van der Waals surface area (Å²) in [7, 11) is -1.89. The SMILES string of the molecule is COc1ccc(CN(C(=O)CCc2ccc(S(=O)(=O)N3CCCC3)cc2)[C@@H](Cc2ccccc2)C(=O)NCCC(C)C)cc1. The van der Waals surface area contributed by atoms with Gasteiger partial charge in [0.05, 0.1) is 12.0 Å². The number of methoxy groups -OCH3 is 1. The third-order valence-electron chi connectivity index (χ3n) is 8.06. The van der Waals surface area contributed by atoms with Crippen molar-refractivity contribution in [3.05, 3.63) is 95.6 Å². The number of ether oxygens (including phenoxy) is 1. The van der Waals surface area contributed by atoms with E-state index in [9.17, 15) is 18.0 Å². The van der Waals surface area contributed by atoms with Crippen LogP contribution in [0.5, 0.6) is 5.75 Å². The summed E-state index contributed by atoms with van der Waals surface area (Å²) in [5.41, 5.74) is 2.73. The molecule has 1 heterocycles. The molecule has 236 valence electrons. The van der Waals surface area contributed by atoms with E-state index >= 15 is 0 Å². The number of benzene rings is 3. The fourth-order valence-electron chi connectivity index (χ4n) is 5.38. The summed E-state index contributed by atoms with van der Waals surface area (Å²) in [6.45, 7) is 6.14.